The van der Waals surface area contributed by atoms with Gasteiger partial charge in [-0.25, -0.2) is 0 Å². The predicted octanol–water partition coefficient (Wildman–Crippen LogP) is 1.70. The van der Waals surface area contributed by atoms with Crippen LogP contribution in [0.5, 0.6) is 0 Å². The molecule has 0 aromatic carbocycles. The van der Waals surface area contributed by atoms with Gasteiger partial charge in [0.15, 0.2) is 0 Å². The van der Waals surface area contributed by atoms with Gasteiger partial charge in [0.1, 0.15) is 0 Å². The quantitative estimate of drug-likeness (QED) is 0.486. The summed E-state index contributed by atoms with van der Waals surface area (Å²) in [5.41, 5.74) is 0.326. The zero-order chi connectivity index (χ0) is 6.74. The number of hydrogen-bond donors (Lipinski definition) is 1. The molecule has 9 heavy (non-hydrogen) atoms. The third kappa shape index (κ3) is 2.19. The van der Waals surface area contributed by atoms with Crippen molar-refractivity contribution < 1.29 is 0 Å². The Balaban J connectivity index is 2.48. The van der Waals surface area contributed by atoms with Gasteiger partial charge in [-0.05, 0) is 33.2 Å². The van der Waals surface area contributed by atoms with E-state index in [2.05, 4.69) is 31.3 Å². The van der Waals surface area contributed by atoms with Gasteiger partial charge in [-0.2, -0.15) is 0 Å². The molecule has 1 aliphatic heterocycles. The zero-order valence-electron chi connectivity index (χ0n) is 6.28. The van der Waals surface area contributed by atoms with Gasteiger partial charge in [-0.15, -0.1) is 0 Å². The average Bonchev–Trinajstić information content (AvgIpc) is 1.92. The summed E-state index contributed by atoms with van der Waals surface area (Å²) in [7, 11) is 0. The third-order valence-corrected chi connectivity index (χ3v) is 1.71. The van der Waals surface area contributed by atoms with Crippen molar-refractivity contribution in [3.05, 3.63) is 12.2 Å². The first-order valence-corrected chi connectivity index (χ1v) is 3.61. The topological polar surface area (TPSA) is 12.0 Å². The summed E-state index contributed by atoms with van der Waals surface area (Å²) in [5, 5.41) is 3.46. The first kappa shape index (κ1) is 6.81. The van der Waals surface area contributed by atoms with E-state index in [9.17, 15) is 0 Å². The minimum Gasteiger partial charge on any atom is -0.311 e. The second kappa shape index (κ2) is 2.53. The van der Waals surface area contributed by atoms with Crippen LogP contribution in [0.2, 0.25) is 0 Å². The van der Waals surface area contributed by atoms with Gasteiger partial charge >= 0.3 is 0 Å². The average molecular weight is 125 g/mol. The van der Waals surface area contributed by atoms with E-state index < -0.39 is 0 Å². The summed E-state index contributed by atoms with van der Waals surface area (Å²) in [4.78, 5) is 0. The number of hydrogen-bond acceptors (Lipinski definition) is 1. The van der Waals surface area contributed by atoms with Crippen molar-refractivity contribution in [3.8, 4) is 0 Å². The maximum Gasteiger partial charge on any atom is 0.0159 e. The molecule has 0 atom stereocenters. The van der Waals surface area contributed by atoms with Crippen molar-refractivity contribution in [1.82, 2.24) is 5.32 Å². The predicted molar refractivity (Wildman–Crippen MR) is 40.5 cm³/mol. The Bertz CT molecular complexity index is 114. The molecule has 1 rings (SSSR count). The van der Waals surface area contributed by atoms with Crippen LogP contribution in [0.4, 0.5) is 0 Å². The van der Waals surface area contributed by atoms with E-state index in [1.165, 1.54) is 6.42 Å². The van der Waals surface area contributed by atoms with Crippen molar-refractivity contribution in [1.29, 1.82) is 0 Å². The van der Waals surface area contributed by atoms with Gasteiger partial charge in [-0.3, -0.25) is 0 Å². The summed E-state index contributed by atoms with van der Waals surface area (Å²) >= 11 is 0. The first-order valence-electron chi connectivity index (χ1n) is 3.61. The van der Waals surface area contributed by atoms with Crippen LogP contribution in [0.3, 0.4) is 0 Å². The molecule has 0 amide bonds. The molecule has 0 aromatic rings. The Morgan fingerprint density at radius 3 is 2.89 bits per heavy atom. The van der Waals surface area contributed by atoms with Crippen molar-refractivity contribution in [3.63, 3.8) is 0 Å². The van der Waals surface area contributed by atoms with Crippen molar-refractivity contribution >= 4 is 0 Å². The highest BCUT2D eigenvalue weighted by atomic mass is 14.9. The van der Waals surface area contributed by atoms with Gasteiger partial charge in [0.2, 0.25) is 0 Å². The highest BCUT2D eigenvalue weighted by Gasteiger charge is 2.14. The lowest BCUT2D eigenvalue weighted by Crippen LogP contribution is -2.38. The maximum atomic E-state index is 3.46. The van der Waals surface area contributed by atoms with Gasteiger partial charge < -0.3 is 5.32 Å². The lowest BCUT2D eigenvalue weighted by Gasteiger charge is -2.22. The van der Waals surface area contributed by atoms with E-state index >= 15 is 0 Å². The van der Waals surface area contributed by atoms with Crippen LogP contribution in [-0.4, -0.2) is 12.1 Å². The zero-order valence-corrected chi connectivity index (χ0v) is 6.28. The summed E-state index contributed by atoms with van der Waals surface area (Å²) in [6, 6.07) is 0. The van der Waals surface area contributed by atoms with Crippen molar-refractivity contribution in [2.24, 2.45) is 0 Å². The monoisotopic (exact) mass is 125 g/mol. The smallest absolute Gasteiger partial charge is 0.0159 e. The Kier molecular flexibility index (Phi) is 1.91. The molecule has 0 saturated heterocycles. The molecule has 0 bridgehead atoms. The summed E-state index contributed by atoms with van der Waals surface area (Å²) in [5.74, 6) is 0. The van der Waals surface area contributed by atoms with Crippen LogP contribution >= 0.6 is 0 Å². The van der Waals surface area contributed by atoms with Gasteiger partial charge in [0.05, 0.1) is 0 Å². The van der Waals surface area contributed by atoms with Crippen LogP contribution < -0.4 is 5.32 Å². The molecule has 0 aliphatic carbocycles. The normalized spacial score (nSPS) is 25.6. The third-order valence-electron chi connectivity index (χ3n) is 1.71. The number of rotatable bonds is 0. The molecule has 0 aromatic heterocycles. The summed E-state index contributed by atoms with van der Waals surface area (Å²) in [6.07, 6.45) is 6.86. The highest BCUT2D eigenvalue weighted by Crippen LogP contribution is 2.11. The molecular weight excluding hydrogens is 110 g/mol. The molecule has 0 spiro atoms. The molecule has 0 radical (unpaired) electrons. The molecule has 1 heterocycles. The van der Waals surface area contributed by atoms with Crippen LogP contribution in [0, 0.1) is 0 Å². The Hall–Kier alpha value is -0.300. The van der Waals surface area contributed by atoms with Crippen molar-refractivity contribution in [2.45, 2.75) is 32.2 Å². The van der Waals surface area contributed by atoms with Crippen LogP contribution in [0.15, 0.2) is 12.2 Å². The molecule has 52 valence electrons. The van der Waals surface area contributed by atoms with E-state index in [1.807, 2.05) is 0 Å². The van der Waals surface area contributed by atoms with Crippen LogP contribution in [-0.2, 0) is 0 Å². The minimum absolute atomic E-state index is 0.326. The Labute approximate surface area is 57.1 Å². The lowest BCUT2D eigenvalue weighted by molar-refractivity contribution is 0.405. The SMILES string of the molecule is CC1(C)CC=CCCN1. The molecule has 0 unspecified atom stereocenters. The first-order chi connectivity index (χ1) is 4.21. The maximum absolute atomic E-state index is 3.46. The highest BCUT2D eigenvalue weighted by molar-refractivity contribution is 4.95. The van der Waals surface area contributed by atoms with Crippen LogP contribution in [0.25, 0.3) is 0 Å². The molecule has 1 aliphatic rings. The lowest BCUT2D eigenvalue weighted by atomic mass is 10.0. The van der Waals surface area contributed by atoms with E-state index in [1.54, 1.807) is 0 Å². The van der Waals surface area contributed by atoms with Crippen molar-refractivity contribution in [2.75, 3.05) is 6.54 Å². The fraction of sp³-hybridized carbons (Fsp3) is 0.750. The summed E-state index contributed by atoms with van der Waals surface area (Å²) < 4.78 is 0. The molecular formula is C8H15N. The van der Waals surface area contributed by atoms with Gasteiger partial charge in [-0.1, -0.05) is 12.2 Å². The Morgan fingerprint density at radius 2 is 2.11 bits per heavy atom. The minimum atomic E-state index is 0.326. The summed E-state index contributed by atoms with van der Waals surface area (Å²) in [6.45, 7) is 5.61. The largest absolute Gasteiger partial charge is 0.311 e. The number of nitrogens with one attached hydrogen (secondary N) is 1. The van der Waals surface area contributed by atoms with E-state index in [4.69, 9.17) is 0 Å². The van der Waals surface area contributed by atoms with E-state index in [-0.39, 0.29) is 0 Å². The molecule has 0 saturated carbocycles. The fourth-order valence-electron chi connectivity index (χ4n) is 1.06. The molecule has 1 N–H and O–H groups in total. The standard InChI is InChI=1S/C8H15N/c1-8(2)6-4-3-5-7-9-8/h3-4,9H,5-7H2,1-2H3. The molecule has 1 nitrogen and oxygen atoms in total. The van der Waals surface area contributed by atoms with E-state index in [0.717, 1.165) is 13.0 Å². The van der Waals surface area contributed by atoms with E-state index in [0.29, 0.717) is 5.54 Å². The second-order valence-electron chi connectivity index (χ2n) is 3.27. The van der Waals surface area contributed by atoms with Gasteiger partial charge in [0, 0.05) is 5.54 Å². The fourth-order valence-corrected chi connectivity index (χ4v) is 1.06. The molecule has 0 fully saturated rings. The van der Waals surface area contributed by atoms with Gasteiger partial charge in [0.25, 0.3) is 0 Å². The second-order valence-corrected chi connectivity index (χ2v) is 3.27. The van der Waals surface area contributed by atoms with Crippen LogP contribution in [0.1, 0.15) is 26.7 Å². The Morgan fingerprint density at radius 1 is 1.33 bits per heavy atom. The molecule has 1 heteroatoms.